The Labute approximate surface area is 223 Å². The van der Waals surface area contributed by atoms with Gasteiger partial charge < -0.3 is 0 Å². The van der Waals surface area contributed by atoms with Gasteiger partial charge in [-0.1, -0.05) is 116 Å². The summed E-state index contributed by atoms with van der Waals surface area (Å²) >= 11 is 0. The third-order valence-corrected chi connectivity index (χ3v) is 7.46. The molecule has 0 spiro atoms. The van der Waals surface area contributed by atoms with Crippen molar-refractivity contribution in [2.45, 2.75) is 43.7 Å². The minimum atomic E-state index is -0.435. The van der Waals surface area contributed by atoms with E-state index in [-0.39, 0.29) is 6.04 Å². The van der Waals surface area contributed by atoms with Gasteiger partial charge in [-0.3, -0.25) is 5.01 Å². The molecule has 190 valence electrons. The fourth-order valence-electron chi connectivity index (χ4n) is 5.62. The van der Waals surface area contributed by atoms with Crippen LogP contribution in [0.3, 0.4) is 0 Å². The van der Waals surface area contributed by atoms with Crippen LogP contribution in [-0.2, 0) is 5.54 Å². The van der Waals surface area contributed by atoms with Crippen LogP contribution >= 0.6 is 0 Å². The van der Waals surface area contributed by atoms with E-state index in [1.54, 1.807) is 0 Å². The van der Waals surface area contributed by atoms with Crippen molar-refractivity contribution in [1.82, 2.24) is 25.6 Å². The Kier molecular flexibility index (Phi) is 6.96. The van der Waals surface area contributed by atoms with Crippen molar-refractivity contribution in [3.63, 3.8) is 0 Å². The van der Waals surface area contributed by atoms with Crippen LogP contribution in [0.15, 0.2) is 121 Å². The highest BCUT2D eigenvalue weighted by Crippen LogP contribution is 2.40. The van der Waals surface area contributed by atoms with E-state index in [1.807, 2.05) is 28.9 Å². The second kappa shape index (κ2) is 11.0. The highest BCUT2D eigenvalue weighted by atomic mass is 15.6. The number of nitrogens with zero attached hydrogens (tertiary/aromatic N) is 5. The second-order valence-corrected chi connectivity index (χ2v) is 9.93. The number of aromatic nitrogens is 4. The molecule has 1 aliphatic rings. The van der Waals surface area contributed by atoms with Crippen molar-refractivity contribution < 1.29 is 0 Å². The predicted octanol–water partition coefficient (Wildman–Crippen LogP) is 6.81. The first kappa shape index (κ1) is 24.1. The average Bonchev–Trinajstić information content (AvgIpc) is 3.49. The normalized spacial score (nSPS) is 14.9. The fraction of sp³-hybridized carbons (Fsp3) is 0.219. The number of benzene rings is 4. The van der Waals surface area contributed by atoms with Crippen LogP contribution in [0.5, 0.6) is 0 Å². The van der Waals surface area contributed by atoms with Crippen LogP contribution in [0.1, 0.15) is 55.1 Å². The lowest BCUT2D eigenvalue weighted by Crippen LogP contribution is -2.53. The van der Waals surface area contributed by atoms with Gasteiger partial charge in [0, 0.05) is 0 Å². The molecule has 1 N–H and O–H groups in total. The summed E-state index contributed by atoms with van der Waals surface area (Å²) in [6.45, 7) is 0. The summed E-state index contributed by atoms with van der Waals surface area (Å²) in [7, 11) is 0. The van der Waals surface area contributed by atoms with Gasteiger partial charge in [-0.25, -0.2) is 10.1 Å². The maximum absolute atomic E-state index is 4.74. The van der Waals surface area contributed by atoms with Gasteiger partial charge in [-0.15, -0.1) is 5.10 Å². The summed E-state index contributed by atoms with van der Waals surface area (Å²) in [5, 5.41) is 15.8. The van der Waals surface area contributed by atoms with Crippen molar-refractivity contribution >= 4 is 11.4 Å². The molecule has 1 aliphatic carbocycles. The van der Waals surface area contributed by atoms with Crippen molar-refractivity contribution in [2.75, 3.05) is 5.01 Å². The topological polar surface area (TPSA) is 58.9 Å². The van der Waals surface area contributed by atoms with Crippen LogP contribution < -0.4 is 10.4 Å². The molecule has 0 radical (unpaired) electrons. The van der Waals surface area contributed by atoms with E-state index < -0.39 is 5.54 Å². The van der Waals surface area contributed by atoms with Gasteiger partial charge in [0.25, 0.3) is 0 Å². The molecule has 0 bridgehead atoms. The molecule has 0 saturated heterocycles. The van der Waals surface area contributed by atoms with Crippen LogP contribution in [0.25, 0.3) is 0 Å². The molecule has 1 saturated carbocycles. The summed E-state index contributed by atoms with van der Waals surface area (Å²) in [6.07, 6.45) is 5.32. The summed E-state index contributed by atoms with van der Waals surface area (Å²) in [4.78, 5) is 0. The van der Waals surface area contributed by atoms with E-state index in [4.69, 9.17) is 5.10 Å². The van der Waals surface area contributed by atoms with Gasteiger partial charge in [0.05, 0.1) is 16.9 Å². The van der Waals surface area contributed by atoms with Crippen LogP contribution in [-0.4, -0.2) is 20.2 Å². The molecule has 4 aromatic carbocycles. The van der Waals surface area contributed by atoms with Crippen LogP contribution in [0, 0.1) is 0 Å². The van der Waals surface area contributed by atoms with E-state index in [0.29, 0.717) is 0 Å². The zero-order valence-corrected chi connectivity index (χ0v) is 21.4. The van der Waals surface area contributed by atoms with Gasteiger partial charge in [-0.05, 0) is 58.7 Å². The number of hydrazine groups is 1. The molecule has 1 aromatic heterocycles. The molecule has 1 heterocycles. The first-order valence-corrected chi connectivity index (χ1v) is 13.4. The number of nitrogens with one attached hydrogen (secondary N) is 1. The zero-order valence-electron chi connectivity index (χ0n) is 21.4. The lowest BCUT2D eigenvalue weighted by molar-refractivity contribution is 0.210. The first-order chi connectivity index (χ1) is 18.8. The fourth-order valence-corrected chi connectivity index (χ4v) is 5.62. The van der Waals surface area contributed by atoms with Gasteiger partial charge in [0.1, 0.15) is 6.04 Å². The lowest BCUT2D eigenvalue weighted by atomic mass is 9.81. The summed E-state index contributed by atoms with van der Waals surface area (Å²) in [5.41, 5.74) is 7.99. The quantitative estimate of drug-likeness (QED) is 0.237. The lowest BCUT2D eigenvalue weighted by Gasteiger charge is -2.42. The Morgan fingerprint density at radius 1 is 0.632 bits per heavy atom. The van der Waals surface area contributed by atoms with Crippen molar-refractivity contribution in [1.29, 1.82) is 0 Å². The van der Waals surface area contributed by atoms with Crippen molar-refractivity contribution in [2.24, 2.45) is 0 Å². The summed E-state index contributed by atoms with van der Waals surface area (Å²) in [5.74, 6) is 0.867. The van der Waals surface area contributed by atoms with Gasteiger partial charge in [-0.2, -0.15) is 0 Å². The van der Waals surface area contributed by atoms with Gasteiger partial charge >= 0.3 is 0 Å². The largest absolute Gasteiger partial charge is 0.276 e. The van der Waals surface area contributed by atoms with E-state index >= 15 is 0 Å². The van der Waals surface area contributed by atoms with E-state index in [9.17, 15) is 0 Å². The molecule has 6 nitrogen and oxygen atoms in total. The van der Waals surface area contributed by atoms with E-state index in [2.05, 4.69) is 118 Å². The molecule has 6 heteroatoms. The molecule has 5 aromatic rings. The second-order valence-electron chi connectivity index (χ2n) is 9.93. The molecule has 0 atom stereocenters. The first-order valence-electron chi connectivity index (χ1n) is 13.4. The minimum absolute atomic E-state index is 0.134. The number of para-hydroxylation sites is 2. The molecule has 0 amide bonds. The Bertz CT molecular complexity index is 1340. The van der Waals surface area contributed by atoms with Crippen LogP contribution in [0.4, 0.5) is 11.4 Å². The number of hydrogen-bond acceptors (Lipinski definition) is 5. The molecule has 0 unspecified atom stereocenters. The molecular formula is C32H32N6. The minimum Gasteiger partial charge on any atom is -0.276 e. The van der Waals surface area contributed by atoms with Crippen molar-refractivity contribution in [3.8, 4) is 0 Å². The van der Waals surface area contributed by atoms with E-state index in [0.717, 1.165) is 54.0 Å². The summed E-state index contributed by atoms with van der Waals surface area (Å²) < 4.78 is 2.04. The molecule has 38 heavy (non-hydrogen) atoms. The smallest absolute Gasteiger partial charge is 0.174 e. The standard InChI is InChI=1S/C32H32N6/c1-6-16-26(17-7-1)30(27-18-8-2-9-19-27)38-31(33-35-36-38)32(24-14-5-15-25-32)34-37(28-20-10-3-11-21-28)29-22-12-4-13-23-29/h1-4,6-13,16-23,30,34H,5,14-15,24-25H2. The monoisotopic (exact) mass is 500 g/mol. The predicted molar refractivity (Wildman–Crippen MR) is 151 cm³/mol. The SMILES string of the molecule is c1ccc(C(c2ccccc2)n2nnnc2C2(NN(c3ccccc3)c3ccccc3)CCCCC2)cc1. The average molecular weight is 501 g/mol. The van der Waals surface area contributed by atoms with Crippen molar-refractivity contribution in [3.05, 3.63) is 138 Å². The third-order valence-electron chi connectivity index (χ3n) is 7.46. The van der Waals surface area contributed by atoms with Gasteiger partial charge in [0.15, 0.2) is 5.82 Å². The maximum Gasteiger partial charge on any atom is 0.174 e. The number of tetrazole rings is 1. The Balaban J connectivity index is 1.48. The maximum atomic E-state index is 4.74. The molecule has 1 fully saturated rings. The Hall–Kier alpha value is -4.29. The Morgan fingerprint density at radius 3 is 1.61 bits per heavy atom. The van der Waals surface area contributed by atoms with Crippen LogP contribution in [0.2, 0.25) is 0 Å². The number of anilines is 2. The highest BCUT2D eigenvalue weighted by Gasteiger charge is 2.42. The molecule has 6 rings (SSSR count). The third kappa shape index (κ3) is 4.83. The van der Waals surface area contributed by atoms with E-state index in [1.165, 1.54) is 6.42 Å². The molecule has 0 aliphatic heterocycles. The van der Waals surface area contributed by atoms with Gasteiger partial charge in [0.2, 0.25) is 0 Å². The number of hydrogen-bond donors (Lipinski definition) is 1. The highest BCUT2D eigenvalue weighted by molar-refractivity contribution is 5.62. The Morgan fingerprint density at radius 2 is 1.11 bits per heavy atom. The zero-order chi connectivity index (χ0) is 25.6. The molecular weight excluding hydrogens is 468 g/mol. The number of rotatable bonds is 8. The summed E-state index contributed by atoms with van der Waals surface area (Å²) in [6, 6.07) is 41.9.